The first-order chi connectivity index (χ1) is 8.52. The van der Waals surface area contributed by atoms with E-state index in [1.165, 1.54) is 12.1 Å². The third-order valence-corrected chi connectivity index (χ3v) is 2.95. The minimum Gasteiger partial charge on any atom is -0.508 e. The zero-order chi connectivity index (χ0) is 13.7. The van der Waals surface area contributed by atoms with Crippen molar-refractivity contribution in [1.82, 2.24) is 0 Å². The van der Waals surface area contributed by atoms with Crippen molar-refractivity contribution >= 4 is 5.78 Å². The standard InChI is InChI=1S/C15H20O3/c1-4-6-7-10(3)14(17)12-8-9-13(16)11(5-2)15(12)18/h7-9,16,18H,4-6H2,1-3H3. The summed E-state index contributed by atoms with van der Waals surface area (Å²) in [5, 5.41) is 19.6. The molecule has 0 atom stereocenters. The number of hydrogen-bond acceptors (Lipinski definition) is 3. The summed E-state index contributed by atoms with van der Waals surface area (Å²) in [6.07, 6.45) is 4.18. The summed E-state index contributed by atoms with van der Waals surface area (Å²) in [7, 11) is 0. The van der Waals surface area contributed by atoms with Crippen LogP contribution >= 0.6 is 0 Å². The Labute approximate surface area is 108 Å². The number of benzene rings is 1. The summed E-state index contributed by atoms with van der Waals surface area (Å²) in [5.41, 5.74) is 1.30. The van der Waals surface area contributed by atoms with Crippen LogP contribution in [-0.4, -0.2) is 16.0 Å². The molecule has 0 radical (unpaired) electrons. The Morgan fingerprint density at radius 1 is 1.28 bits per heavy atom. The summed E-state index contributed by atoms with van der Waals surface area (Å²) in [5.74, 6) is -0.260. The van der Waals surface area contributed by atoms with Crippen LogP contribution in [0, 0.1) is 0 Å². The van der Waals surface area contributed by atoms with Crippen molar-refractivity contribution in [2.75, 3.05) is 0 Å². The van der Waals surface area contributed by atoms with E-state index in [1.807, 2.05) is 19.9 Å². The highest BCUT2D eigenvalue weighted by atomic mass is 16.3. The van der Waals surface area contributed by atoms with Crippen LogP contribution in [0.5, 0.6) is 11.5 Å². The van der Waals surface area contributed by atoms with Crippen molar-refractivity contribution in [2.24, 2.45) is 0 Å². The van der Waals surface area contributed by atoms with Crippen molar-refractivity contribution in [3.63, 3.8) is 0 Å². The average Bonchev–Trinajstić information content (AvgIpc) is 2.36. The molecule has 0 aliphatic rings. The fraction of sp³-hybridized carbons (Fsp3) is 0.400. The molecule has 0 aliphatic carbocycles. The number of rotatable bonds is 5. The summed E-state index contributed by atoms with van der Waals surface area (Å²) < 4.78 is 0. The van der Waals surface area contributed by atoms with Gasteiger partial charge in [-0.2, -0.15) is 0 Å². The van der Waals surface area contributed by atoms with E-state index < -0.39 is 0 Å². The van der Waals surface area contributed by atoms with Gasteiger partial charge in [0.15, 0.2) is 5.78 Å². The first-order valence-corrected chi connectivity index (χ1v) is 6.28. The summed E-state index contributed by atoms with van der Waals surface area (Å²) in [4.78, 5) is 12.1. The van der Waals surface area contributed by atoms with Crippen LogP contribution in [0.15, 0.2) is 23.8 Å². The minimum atomic E-state index is -0.185. The van der Waals surface area contributed by atoms with Gasteiger partial charge in [-0.05, 0) is 37.5 Å². The largest absolute Gasteiger partial charge is 0.508 e. The van der Waals surface area contributed by atoms with Crippen LogP contribution in [0.3, 0.4) is 0 Å². The maximum Gasteiger partial charge on any atom is 0.192 e. The first-order valence-electron chi connectivity index (χ1n) is 6.28. The van der Waals surface area contributed by atoms with Crippen LogP contribution in [0.1, 0.15) is 49.5 Å². The maximum atomic E-state index is 12.1. The number of Topliss-reactive ketones (excluding diaryl/α,β-unsaturated/α-hetero) is 1. The Morgan fingerprint density at radius 3 is 2.50 bits per heavy atom. The Morgan fingerprint density at radius 2 is 1.94 bits per heavy atom. The molecule has 1 rings (SSSR count). The molecule has 0 unspecified atom stereocenters. The van der Waals surface area contributed by atoms with E-state index in [1.54, 1.807) is 6.92 Å². The molecular weight excluding hydrogens is 228 g/mol. The highest BCUT2D eigenvalue weighted by molar-refractivity contribution is 6.10. The van der Waals surface area contributed by atoms with Gasteiger partial charge < -0.3 is 10.2 Å². The molecule has 0 aromatic heterocycles. The molecule has 0 saturated heterocycles. The molecule has 0 aliphatic heterocycles. The van der Waals surface area contributed by atoms with Gasteiger partial charge in [0, 0.05) is 5.56 Å². The number of carbonyl (C=O) groups excluding carboxylic acids is 1. The second-order valence-electron chi connectivity index (χ2n) is 4.32. The second kappa shape index (κ2) is 6.24. The van der Waals surface area contributed by atoms with Gasteiger partial charge in [-0.15, -0.1) is 0 Å². The van der Waals surface area contributed by atoms with E-state index in [0.717, 1.165) is 12.8 Å². The molecule has 0 saturated carbocycles. The van der Waals surface area contributed by atoms with Crippen LogP contribution in [0.2, 0.25) is 0 Å². The van der Waals surface area contributed by atoms with Crippen molar-refractivity contribution in [1.29, 1.82) is 0 Å². The highest BCUT2D eigenvalue weighted by Crippen LogP contribution is 2.32. The lowest BCUT2D eigenvalue weighted by atomic mass is 9.98. The fourth-order valence-corrected chi connectivity index (χ4v) is 1.82. The van der Waals surface area contributed by atoms with Crippen molar-refractivity contribution in [2.45, 2.75) is 40.0 Å². The topological polar surface area (TPSA) is 57.5 Å². The summed E-state index contributed by atoms with van der Waals surface area (Å²) in [6.45, 7) is 5.61. The van der Waals surface area contributed by atoms with Gasteiger partial charge in [-0.25, -0.2) is 0 Å². The Bertz CT molecular complexity index is 473. The zero-order valence-corrected chi connectivity index (χ0v) is 11.2. The minimum absolute atomic E-state index is 0.0294. The number of unbranched alkanes of at least 4 members (excludes halogenated alkanes) is 1. The lowest BCUT2D eigenvalue weighted by molar-refractivity contribution is 0.103. The molecule has 0 bridgehead atoms. The Hall–Kier alpha value is -1.77. The molecule has 98 valence electrons. The zero-order valence-electron chi connectivity index (χ0n) is 11.2. The van der Waals surface area contributed by atoms with Gasteiger partial charge in [-0.1, -0.05) is 26.3 Å². The number of phenolic OH excluding ortho intramolecular Hbond substituents is 2. The third-order valence-electron chi connectivity index (χ3n) is 2.95. The molecule has 0 fully saturated rings. The third kappa shape index (κ3) is 2.92. The summed E-state index contributed by atoms with van der Waals surface area (Å²) in [6, 6.07) is 2.92. The SMILES string of the molecule is CCCC=C(C)C(=O)c1ccc(O)c(CC)c1O. The molecule has 0 spiro atoms. The van der Waals surface area contributed by atoms with Crippen LogP contribution in [0.25, 0.3) is 0 Å². The molecule has 2 N–H and O–H groups in total. The number of hydrogen-bond donors (Lipinski definition) is 2. The Balaban J connectivity index is 3.15. The number of phenols is 2. The van der Waals surface area contributed by atoms with Gasteiger partial charge in [0.25, 0.3) is 0 Å². The molecule has 3 heteroatoms. The van der Waals surface area contributed by atoms with E-state index in [-0.39, 0.29) is 22.8 Å². The highest BCUT2D eigenvalue weighted by Gasteiger charge is 2.17. The van der Waals surface area contributed by atoms with E-state index in [2.05, 4.69) is 0 Å². The van der Waals surface area contributed by atoms with Crippen LogP contribution < -0.4 is 0 Å². The lowest BCUT2D eigenvalue weighted by Gasteiger charge is -2.10. The van der Waals surface area contributed by atoms with E-state index in [0.29, 0.717) is 17.6 Å². The monoisotopic (exact) mass is 248 g/mol. The van der Waals surface area contributed by atoms with Crippen molar-refractivity contribution in [3.05, 3.63) is 34.9 Å². The predicted molar refractivity (Wildman–Crippen MR) is 72.1 cm³/mol. The molecule has 0 heterocycles. The normalized spacial score (nSPS) is 11.6. The number of aromatic hydroxyl groups is 2. The van der Waals surface area contributed by atoms with Crippen molar-refractivity contribution in [3.8, 4) is 11.5 Å². The average molecular weight is 248 g/mol. The lowest BCUT2D eigenvalue weighted by Crippen LogP contribution is -2.02. The maximum absolute atomic E-state index is 12.1. The van der Waals surface area contributed by atoms with Crippen LogP contribution in [0.4, 0.5) is 0 Å². The molecule has 3 nitrogen and oxygen atoms in total. The summed E-state index contributed by atoms with van der Waals surface area (Å²) >= 11 is 0. The molecule has 1 aromatic rings. The van der Waals surface area contributed by atoms with E-state index in [9.17, 15) is 15.0 Å². The first kappa shape index (κ1) is 14.3. The number of carbonyl (C=O) groups is 1. The van der Waals surface area contributed by atoms with E-state index in [4.69, 9.17) is 0 Å². The predicted octanol–water partition coefficient (Wildman–Crippen LogP) is 3.59. The van der Waals surface area contributed by atoms with Gasteiger partial charge in [0.05, 0.1) is 5.56 Å². The molecule has 0 amide bonds. The number of ketones is 1. The van der Waals surface area contributed by atoms with Gasteiger partial charge in [-0.3, -0.25) is 4.79 Å². The fourth-order valence-electron chi connectivity index (χ4n) is 1.82. The second-order valence-corrected chi connectivity index (χ2v) is 4.32. The molecule has 1 aromatic carbocycles. The van der Waals surface area contributed by atoms with Crippen molar-refractivity contribution < 1.29 is 15.0 Å². The van der Waals surface area contributed by atoms with Gasteiger partial charge in [0.1, 0.15) is 11.5 Å². The smallest absolute Gasteiger partial charge is 0.192 e. The number of allylic oxidation sites excluding steroid dienone is 2. The van der Waals surface area contributed by atoms with Gasteiger partial charge in [0.2, 0.25) is 0 Å². The van der Waals surface area contributed by atoms with E-state index >= 15 is 0 Å². The quantitative estimate of drug-likeness (QED) is 0.618. The van der Waals surface area contributed by atoms with Gasteiger partial charge >= 0.3 is 0 Å². The Kier molecular flexibility index (Phi) is 4.95. The molecule has 18 heavy (non-hydrogen) atoms. The molecular formula is C15H20O3. The van der Waals surface area contributed by atoms with Crippen LogP contribution in [-0.2, 0) is 6.42 Å².